The molecule has 202 valence electrons. The average Bonchev–Trinajstić information content (AvgIpc) is 2.84. The number of benzene rings is 1. The fourth-order valence-electron chi connectivity index (χ4n) is 4.64. The fraction of sp³-hybridized carbons (Fsp3) is 0.560. The van der Waals surface area contributed by atoms with Crippen molar-refractivity contribution in [1.29, 1.82) is 0 Å². The number of hydrogen-bond donors (Lipinski definition) is 1. The first kappa shape index (κ1) is 27.1. The maximum Gasteiger partial charge on any atom is 0.407 e. The number of amides is 1. The van der Waals surface area contributed by atoms with Crippen molar-refractivity contribution in [2.75, 3.05) is 19.8 Å². The molecule has 2 saturated heterocycles. The molecule has 3 heterocycles. The van der Waals surface area contributed by atoms with Gasteiger partial charge < -0.3 is 19.5 Å². The highest BCUT2D eigenvalue weighted by Gasteiger charge is 2.33. The molecule has 0 bridgehead atoms. The number of carboxylic acid groups (broad SMARTS) is 1. The minimum atomic E-state index is -3.85. The van der Waals surface area contributed by atoms with Crippen LogP contribution in [0.25, 0.3) is 0 Å². The van der Waals surface area contributed by atoms with Gasteiger partial charge in [-0.25, -0.2) is 23.1 Å². The van der Waals surface area contributed by atoms with Crippen molar-refractivity contribution < 1.29 is 36.2 Å². The van der Waals surface area contributed by atoms with Crippen LogP contribution in [0.1, 0.15) is 44.2 Å². The number of carbonyl (C=O) groups is 1. The van der Waals surface area contributed by atoms with Crippen molar-refractivity contribution in [2.45, 2.75) is 58.6 Å². The van der Waals surface area contributed by atoms with Crippen LogP contribution in [0.5, 0.6) is 17.5 Å². The molecule has 2 aliphatic heterocycles. The van der Waals surface area contributed by atoms with Crippen molar-refractivity contribution >= 4 is 16.5 Å². The smallest absolute Gasteiger partial charge is 0.407 e. The van der Waals surface area contributed by atoms with Crippen LogP contribution in [0.15, 0.2) is 30.6 Å². The van der Waals surface area contributed by atoms with Crippen LogP contribution in [0.4, 0.5) is 4.79 Å². The molecule has 0 aliphatic carbocycles. The van der Waals surface area contributed by atoms with Crippen LogP contribution in [0.3, 0.4) is 0 Å². The van der Waals surface area contributed by atoms with Gasteiger partial charge in [0.25, 0.3) is 0 Å². The zero-order chi connectivity index (χ0) is 26.6. The summed E-state index contributed by atoms with van der Waals surface area (Å²) < 4.78 is 44.1. The van der Waals surface area contributed by atoms with Gasteiger partial charge in [0.2, 0.25) is 11.8 Å². The molecular weight excluding hydrogens is 502 g/mol. The Morgan fingerprint density at radius 3 is 2.49 bits per heavy atom. The Labute approximate surface area is 217 Å². The SMILES string of the molecule is Cc1c(Oc2ccc(CC3COS(=O)(=O)OC3)cc2)ncnc1OC1CCN(C(=O)O)C(CC(C)C)C1. The summed E-state index contributed by atoms with van der Waals surface area (Å²) in [6.07, 6.45) is 2.93. The summed E-state index contributed by atoms with van der Waals surface area (Å²) in [5.41, 5.74) is 1.65. The molecule has 2 atom stereocenters. The molecule has 0 saturated carbocycles. The lowest BCUT2D eigenvalue weighted by Crippen LogP contribution is -2.48. The van der Waals surface area contributed by atoms with E-state index >= 15 is 0 Å². The minimum absolute atomic E-state index is 0.0541. The zero-order valence-corrected chi connectivity index (χ0v) is 22.0. The van der Waals surface area contributed by atoms with Gasteiger partial charge in [0, 0.05) is 31.3 Å². The van der Waals surface area contributed by atoms with Crippen molar-refractivity contribution in [3.63, 3.8) is 0 Å². The number of hydrogen-bond acceptors (Lipinski definition) is 9. The van der Waals surface area contributed by atoms with E-state index in [1.165, 1.54) is 11.2 Å². The molecule has 0 spiro atoms. The number of ether oxygens (including phenoxy) is 2. The van der Waals surface area contributed by atoms with E-state index < -0.39 is 16.5 Å². The van der Waals surface area contributed by atoms with Crippen molar-refractivity contribution in [2.24, 2.45) is 11.8 Å². The monoisotopic (exact) mass is 535 g/mol. The normalized spacial score (nSPS) is 22.1. The van der Waals surface area contributed by atoms with Crippen LogP contribution in [0.2, 0.25) is 0 Å². The Balaban J connectivity index is 1.37. The lowest BCUT2D eigenvalue weighted by Gasteiger charge is -2.38. The summed E-state index contributed by atoms with van der Waals surface area (Å²) in [4.78, 5) is 21.7. The molecule has 2 unspecified atom stereocenters. The predicted molar refractivity (Wildman–Crippen MR) is 133 cm³/mol. The van der Waals surface area contributed by atoms with E-state index in [2.05, 4.69) is 23.8 Å². The fourth-order valence-corrected chi connectivity index (χ4v) is 5.42. The molecule has 1 N–H and O–H groups in total. The Morgan fingerprint density at radius 2 is 1.84 bits per heavy atom. The highest BCUT2D eigenvalue weighted by Crippen LogP contribution is 2.31. The van der Waals surface area contributed by atoms with Gasteiger partial charge in [0.15, 0.2) is 0 Å². The molecule has 1 aromatic heterocycles. The summed E-state index contributed by atoms with van der Waals surface area (Å²) in [7, 11) is -3.85. The van der Waals surface area contributed by atoms with Crippen molar-refractivity contribution in [1.82, 2.24) is 14.9 Å². The number of piperidine rings is 1. The van der Waals surface area contributed by atoms with Gasteiger partial charge in [-0.05, 0) is 43.4 Å². The lowest BCUT2D eigenvalue weighted by atomic mass is 9.92. The van der Waals surface area contributed by atoms with Crippen LogP contribution < -0.4 is 9.47 Å². The second-order valence-electron chi connectivity index (χ2n) is 9.93. The van der Waals surface area contributed by atoms with Crippen LogP contribution >= 0.6 is 0 Å². The third kappa shape index (κ3) is 7.30. The first-order valence-corrected chi connectivity index (χ1v) is 13.7. The minimum Gasteiger partial charge on any atom is -0.474 e. The largest absolute Gasteiger partial charge is 0.474 e. The van der Waals surface area contributed by atoms with E-state index in [0.29, 0.717) is 54.8 Å². The summed E-state index contributed by atoms with van der Waals surface area (Å²) in [5, 5.41) is 9.55. The molecule has 2 fully saturated rings. The predicted octanol–water partition coefficient (Wildman–Crippen LogP) is 3.96. The van der Waals surface area contributed by atoms with Crippen molar-refractivity contribution in [3.05, 3.63) is 41.7 Å². The van der Waals surface area contributed by atoms with Crippen molar-refractivity contribution in [3.8, 4) is 17.5 Å². The zero-order valence-electron chi connectivity index (χ0n) is 21.2. The first-order valence-electron chi connectivity index (χ1n) is 12.4. The highest BCUT2D eigenvalue weighted by molar-refractivity contribution is 7.81. The van der Waals surface area contributed by atoms with Gasteiger partial charge in [-0.1, -0.05) is 26.0 Å². The van der Waals surface area contributed by atoms with Gasteiger partial charge in [-0.2, -0.15) is 8.42 Å². The lowest BCUT2D eigenvalue weighted by molar-refractivity contribution is 0.0450. The molecule has 12 heteroatoms. The Hall–Kier alpha value is -2.96. The molecular formula is C25H33N3O8S. The molecule has 11 nitrogen and oxygen atoms in total. The number of rotatable bonds is 8. The number of nitrogens with zero attached hydrogens (tertiary/aromatic N) is 3. The van der Waals surface area contributed by atoms with Gasteiger partial charge in [0.1, 0.15) is 18.2 Å². The molecule has 2 aliphatic rings. The highest BCUT2D eigenvalue weighted by atomic mass is 32.3. The van der Waals surface area contributed by atoms with Gasteiger partial charge in [-0.15, -0.1) is 0 Å². The third-order valence-electron chi connectivity index (χ3n) is 6.49. The van der Waals surface area contributed by atoms with E-state index in [-0.39, 0.29) is 31.3 Å². The maximum absolute atomic E-state index is 11.6. The van der Waals surface area contributed by atoms with E-state index in [4.69, 9.17) is 17.8 Å². The van der Waals surface area contributed by atoms with E-state index in [0.717, 1.165) is 12.0 Å². The standard InChI is InChI=1S/C25H33N3O8S/c1-16(2)10-20-12-22(8-9-28(20)25(29)30)36-24-17(3)23(26-15-27-24)35-21-6-4-18(5-7-21)11-19-13-33-37(31,32)34-14-19/h4-7,15-16,19-20,22H,8-14H2,1-3H3,(H,29,30). The quantitative estimate of drug-likeness (QED) is 0.528. The van der Waals surface area contributed by atoms with Gasteiger partial charge in [-0.3, -0.25) is 0 Å². The number of likely N-dealkylation sites (tertiary alicyclic amines) is 1. The van der Waals surface area contributed by atoms with Gasteiger partial charge in [0.05, 0.1) is 18.8 Å². The second kappa shape index (κ2) is 11.6. The Bertz CT molecular complexity index is 1170. The van der Waals surface area contributed by atoms with Crippen LogP contribution in [-0.2, 0) is 25.2 Å². The molecule has 37 heavy (non-hydrogen) atoms. The summed E-state index contributed by atoms with van der Waals surface area (Å²) >= 11 is 0. The van der Waals surface area contributed by atoms with E-state index in [1.807, 2.05) is 31.2 Å². The Kier molecular flexibility index (Phi) is 8.50. The Morgan fingerprint density at radius 1 is 1.16 bits per heavy atom. The van der Waals surface area contributed by atoms with Crippen LogP contribution in [0, 0.1) is 18.8 Å². The first-order chi connectivity index (χ1) is 17.6. The second-order valence-corrected chi connectivity index (χ2v) is 11.2. The topological polar surface area (TPSA) is 137 Å². The molecule has 1 aromatic carbocycles. The number of aromatic nitrogens is 2. The summed E-state index contributed by atoms with van der Waals surface area (Å²) in [5.74, 6) is 1.70. The third-order valence-corrected chi connectivity index (χ3v) is 7.33. The molecule has 1 amide bonds. The van der Waals surface area contributed by atoms with E-state index in [9.17, 15) is 18.3 Å². The summed E-state index contributed by atoms with van der Waals surface area (Å²) in [6.45, 7) is 6.61. The summed E-state index contributed by atoms with van der Waals surface area (Å²) in [6, 6.07) is 7.34. The van der Waals surface area contributed by atoms with Crippen LogP contribution in [-0.4, -0.2) is 66.4 Å². The molecule has 2 aromatic rings. The average molecular weight is 536 g/mol. The maximum atomic E-state index is 11.6. The molecule has 4 rings (SSSR count). The molecule has 0 radical (unpaired) electrons. The van der Waals surface area contributed by atoms with E-state index in [1.54, 1.807) is 0 Å². The van der Waals surface area contributed by atoms with Gasteiger partial charge >= 0.3 is 16.5 Å².